The van der Waals surface area contributed by atoms with E-state index in [1.54, 1.807) is 6.07 Å². The number of piperazine rings is 1. The molecule has 0 aromatic carbocycles. The van der Waals surface area contributed by atoms with E-state index in [1.165, 1.54) is 10.6 Å². The molecule has 1 aliphatic heterocycles. The maximum absolute atomic E-state index is 12.6. The minimum absolute atomic E-state index is 0.123. The van der Waals surface area contributed by atoms with Crippen LogP contribution in [0.15, 0.2) is 21.8 Å². The van der Waals surface area contributed by atoms with Crippen LogP contribution in [0.1, 0.15) is 40.3 Å². The van der Waals surface area contributed by atoms with Gasteiger partial charge < -0.3 is 14.7 Å². The van der Waals surface area contributed by atoms with Crippen molar-refractivity contribution < 1.29 is 12.9 Å². The van der Waals surface area contributed by atoms with E-state index in [1.807, 2.05) is 6.92 Å². The Morgan fingerprint density at radius 2 is 1.89 bits per heavy atom. The van der Waals surface area contributed by atoms with Crippen LogP contribution in [0, 0.1) is 10.8 Å². The van der Waals surface area contributed by atoms with Crippen LogP contribution in [0.2, 0.25) is 0 Å². The lowest BCUT2D eigenvalue weighted by Crippen LogP contribution is -2.54. The lowest BCUT2D eigenvalue weighted by molar-refractivity contribution is 0.258. The van der Waals surface area contributed by atoms with Crippen molar-refractivity contribution in [2.24, 2.45) is 15.8 Å². The van der Waals surface area contributed by atoms with Gasteiger partial charge in [-0.1, -0.05) is 32.9 Å². The number of nitrogens with one attached hydrogen (secondary N) is 1. The summed E-state index contributed by atoms with van der Waals surface area (Å²) in [5.74, 6) is 0.761. The number of hydrogen-bond acceptors (Lipinski definition) is 5. The first kappa shape index (κ1) is 20.1. The number of aliphatic imine (C=N–C) groups is 1. The molecule has 152 valence electrons. The van der Waals surface area contributed by atoms with E-state index < -0.39 is 10.0 Å². The van der Waals surface area contributed by atoms with Gasteiger partial charge in [0.15, 0.2) is 5.96 Å². The molecule has 0 bridgehead atoms. The molecule has 8 nitrogen and oxygen atoms in total. The summed E-state index contributed by atoms with van der Waals surface area (Å²) in [5.41, 5.74) is 0.861. The zero-order valence-electron chi connectivity index (χ0n) is 16.9. The molecule has 1 saturated carbocycles. The second-order valence-electron chi connectivity index (χ2n) is 8.45. The van der Waals surface area contributed by atoms with Crippen LogP contribution in [-0.4, -0.2) is 67.5 Å². The molecule has 9 heteroatoms. The minimum Gasteiger partial charge on any atom is -0.364 e. The largest absolute Gasteiger partial charge is 0.364 e. The third-order valence-corrected chi connectivity index (χ3v) is 8.17. The van der Waals surface area contributed by atoms with Gasteiger partial charge in [-0.15, -0.1) is 0 Å². The molecule has 1 aromatic rings. The van der Waals surface area contributed by atoms with Crippen LogP contribution in [0.25, 0.3) is 0 Å². The molecule has 2 aliphatic rings. The molecule has 0 unspecified atom stereocenters. The maximum atomic E-state index is 12.6. The number of rotatable bonds is 5. The van der Waals surface area contributed by atoms with Crippen LogP contribution >= 0.6 is 0 Å². The van der Waals surface area contributed by atoms with Crippen LogP contribution in [0.5, 0.6) is 0 Å². The van der Waals surface area contributed by atoms with E-state index in [9.17, 15) is 8.42 Å². The fraction of sp³-hybridized carbons (Fsp3) is 0.778. The molecule has 0 spiro atoms. The molecule has 27 heavy (non-hydrogen) atoms. The van der Waals surface area contributed by atoms with E-state index in [2.05, 4.69) is 48.1 Å². The fourth-order valence-corrected chi connectivity index (χ4v) is 5.27. The number of sulfonamides is 1. The Kier molecular flexibility index (Phi) is 5.28. The van der Waals surface area contributed by atoms with E-state index in [0.717, 1.165) is 5.96 Å². The minimum atomic E-state index is -3.39. The molecular weight excluding hydrogens is 366 g/mol. The number of guanidine groups is 1. The smallest absolute Gasteiger partial charge is 0.220 e. The highest BCUT2D eigenvalue weighted by Crippen LogP contribution is 2.62. The molecule has 1 aromatic heterocycles. The van der Waals surface area contributed by atoms with Gasteiger partial charge in [-0.2, -0.15) is 4.31 Å². The monoisotopic (exact) mass is 397 g/mol. The van der Waals surface area contributed by atoms with Crippen molar-refractivity contribution in [3.63, 3.8) is 0 Å². The van der Waals surface area contributed by atoms with Crippen molar-refractivity contribution >= 4 is 16.0 Å². The summed E-state index contributed by atoms with van der Waals surface area (Å²) in [6.07, 6.45) is 1.39. The summed E-state index contributed by atoms with van der Waals surface area (Å²) in [5, 5.41) is 7.33. The van der Waals surface area contributed by atoms with E-state index in [0.29, 0.717) is 44.5 Å². The Morgan fingerprint density at radius 1 is 1.26 bits per heavy atom. The van der Waals surface area contributed by atoms with Gasteiger partial charge >= 0.3 is 0 Å². The molecule has 2 heterocycles. The Hall–Kier alpha value is -1.61. The zero-order valence-corrected chi connectivity index (χ0v) is 17.7. The molecule has 2 fully saturated rings. The number of nitrogens with zero attached hydrogens (tertiary/aromatic N) is 4. The van der Waals surface area contributed by atoms with Gasteiger partial charge in [0, 0.05) is 44.8 Å². The van der Waals surface area contributed by atoms with Crippen LogP contribution in [-0.2, 0) is 15.8 Å². The topological polar surface area (TPSA) is 91.0 Å². The molecule has 0 atom stereocenters. The Labute approximate surface area is 162 Å². The summed E-state index contributed by atoms with van der Waals surface area (Å²) in [6, 6.07) is 1.95. The van der Waals surface area contributed by atoms with Gasteiger partial charge in [0.05, 0.1) is 5.69 Å². The van der Waals surface area contributed by atoms with Crippen molar-refractivity contribution in [2.75, 3.05) is 32.7 Å². The standard InChI is InChI=1S/C18H31N5O3S/c1-6-19-16(20-15-17(2,3)18(15,4)5)22-8-10-23(11-9-22)27(24,25)13-14-7-12-26-21-14/h7,12,15H,6,8-11,13H2,1-5H3,(H,19,20). The Balaban J connectivity index is 1.61. The average molecular weight is 398 g/mol. The Morgan fingerprint density at radius 3 is 2.37 bits per heavy atom. The van der Waals surface area contributed by atoms with Crippen molar-refractivity contribution in [1.82, 2.24) is 19.7 Å². The SMILES string of the molecule is CCN=C(NC1C(C)(C)C1(C)C)N1CCN(S(=O)(=O)Cc2ccon2)CC1. The maximum Gasteiger partial charge on any atom is 0.220 e. The molecule has 1 N–H and O–H groups in total. The van der Waals surface area contributed by atoms with Gasteiger partial charge in [0.25, 0.3) is 0 Å². The first-order valence-corrected chi connectivity index (χ1v) is 11.1. The fourth-order valence-electron chi connectivity index (χ4n) is 3.84. The molecule has 1 saturated heterocycles. The first-order chi connectivity index (χ1) is 12.6. The molecule has 1 aliphatic carbocycles. The average Bonchev–Trinajstić information content (AvgIpc) is 2.97. The molecule has 0 amide bonds. The summed E-state index contributed by atoms with van der Waals surface area (Å²) < 4.78 is 31.5. The lowest BCUT2D eigenvalue weighted by atomic mass is 10.0. The van der Waals surface area contributed by atoms with Gasteiger partial charge in [0.1, 0.15) is 12.0 Å². The quantitative estimate of drug-likeness (QED) is 0.598. The van der Waals surface area contributed by atoms with Gasteiger partial charge in [0.2, 0.25) is 10.0 Å². The number of aromatic nitrogens is 1. The van der Waals surface area contributed by atoms with Gasteiger partial charge in [-0.25, -0.2) is 8.42 Å². The predicted octanol–water partition coefficient (Wildman–Crippen LogP) is 1.52. The van der Waals surface area contributed by atoms with Gasteiger partial charge in [-0.05, 0) is 17.8 Å². The van der Waals surface area contributed by atoms with Crippen molar-refractivity contribution in [2.45, 2.75) is 46.4 Å². The van der Waals surface area contributed by atoms with E-state index in [-0.39, 0.29) is 16.6 Å². The first-order valence-electron chi connectivity index (χ1n) is 9.52. The molecule has 0 radical (unpaired) electrons. The van der Waals surface area contributed by atoms with Crippen LogP contribution in [0.3, 0.4) is 0 Å². The summed E-state index contributed by atoms with van der Waals surface area (Å²) in [7, 11) is -3.39. The normalized spacial score (nSPS) is 23.4. The lowest BCUT2D eigenvalue weighted by Gasteiger charge is -2.36. The second-order valence-corrected chi connectivity index (χ2v) is 10.4. The van der Waals surface area contributed by atoms with Gasteiger partial charge in [-0.3, -0.25) is 4.99 Å². The second kappa shape index (κ2) is 7.09. The van der Waals surface area contributed by atoms with Crippen LogP contribution < -0.4 is 5.32 Å². The summed E-state index contributed by atoms with van der Waals surface area (Å²) in [6.45, 7) is 13.9. The highest BCUT2D eigenvalue weighted by molar-refractivity contribution is 7.88. The molecular formula is C18H31N5O3S. The summed E-state index contributed by atoms with van der Waals surface area (Å²) >= 11 is 0. The third kappa shape index (κ3) is 3.85. The molecule has 3 rings (SSSR count). The third-order valence-electron chi connectivity index (χ3n) is 6.36. The Bertz CT molecular complexity index is 764. The predicted molar refractivity (Wildman–Crippen MR) is 105 cm³/mol. The van der Waals surface area contributed by atoms with Crippen molar-refractivity contribution in [1.29, 1.82) is 0 Å². The highest BCUT2D eigenvalue weighted by Gasteiger charge is 2.65. The zero-order chi connectivity index (χ0) is 19.9. The summed E-state index contributed by atoms with van der Waals surface area (Å²) in [4.78, 5) is 6.81. The highest BCUT2D eigenvalue weighted by atomic mass is 32.2. The van der Waals surface area contributed by atoms with E-state index >= 15 is 0 Å². The van der Waals surface area contributed by atoms with Crippen molar-refractivity contribution in [3.8, 4) is 0 Å². The van der Waals surface area contributed by atoms with E-state index in [4.69, 9.17) is 4.52 Å². The number of hydrogen-bond donors (Lipinski definition) is 1. The van der Waals surface area contributed by atoms with Crippen LogP contribution in [0.4, 0.5) is 0 Å². The van der Waals surface area contributed by atoms with Crippen molar-refractivity contribution in [3.05, 3.63) is 18.0 Å².